The lowest BCUT2D eigenvalue weighted by molar-refractivity contribution is -0.130. The highest BCUT2D eigenvalue weighted by atomic mass is 16.7. The average Bonchev–Trinajstić information content (AvgIpc) is 3.72. The van der Waals surface area contributed by atoms with Crippen LogP contribution in [0.2, 0.25) is 0 Å². The Morgan fingerprint density at radius 2 is 1.79 bits per heavy atom. The number of hydrogen-bond donors (Lipinski definition) is 2. The number of methoxy groups -OCH3 is 2. The lowest BCUT2D eigenvalue weighted by Crippen LogP contribution is -2.47. The summed E-state index contributed by atoms with van der Waals surface area (Å²) in [5.74, 6) is 0.120. The molecule has 1 aromatic heterocycles. The van der Waals surface area contributed by atoms with Crippen LogP contribution in [0.4, 0.5) is 4.79 Å². The summed E-state index contributed by atoms with van der Waals surface area (Å²) < 4.78 is 35.3. The largest absolute Gasteiger partial charge is 0.494 e. The van der Waals surface area contributed by atoms with Crippen LogP contribution in [0.15, 0.2) is 36.1 Å². The number of nitrogens with two attached hydrogens (primary N) is 1. The highest BCUT2D eigenvalue weighted by Crippen LogP contribution is 2.38. The van der Waals surface area contributed by atoms with Gasteiger partial charge < -0.3 is 44.0 Å². The van der Waals surface area contributed by atoms with Crippen molar-refractivity contribution in [1.29, 1.82) is 0 Å². The van der Waals surface area contributed by atoms with Crippen molar-refractivity contribution >= 4 is 23.9 Å². The van der Waals surface area contributed by atoms with Gasteiger partial charge in [-0.25, -0.2) is 14.6 Å². The summed E-state index contributed by atoms with van der Waals surface area (Å²) in [7, 11) is 4.95. The van der Waals surface area contributed by atoms with Gasteiger partial charge >= 0.3 is 12.1 Å². The molecule has 5 atom stereocenters. The Morgan fingerprint density at radius 1 is 1.06 bits per heavy atom. The Morgan fingerprint density at radius 3 is 2.40 bits per heavy atom. The van der Waals surface area contributed by atoms with Crippen molar-refractivity contribution in [3.63, 3.8) is 0 Å². The topological polar surface area (TPSA) is 183 Å². The summed E-state index contributed by atoms with van der Waals surface area (Å²) in [6.45, 7) is 12.1. The van der Waals surface area contributed by atoms with Gasteiger partial charge in [-0.2, -0.15) is 0 Å². The number of nitrogens with zero attached hydrogens (tertiary/aromatic N) is 3. The van der Waals surface area contributed by atoms with E-state index in [1.807, 2.05) is 19.9 Å². The molecular weight excluding hydrogens is 686 g/mol. The first-order chi connectivity index (χ1) is 25.1. The predicted octanol–water partition coefficient (Wildman–Crippen LogP) is 4.53. The number of allylic oxidation sites excluding steroid dienone is 3. The van der Waals surface area contributed by atoms with Crippen LogP contribution >= 0.6 is 0 Å². The van der Waals surface area contributed by atoms with Crippen LogP contribution in [0, 0.1) is 35.0 Å². The van der Waals surface area contributed by atoms with E-state index >= 15 is 0 Å². The van der Waals surface area contributed by atoms with Gasteiger partial charge in [-0.05, 0) is 62.9 Å². The predicted molar refractivity (Wildman–Crippen MR) is 196 cm³/mol. The number of ether oxygens (including phenoxy) is 6. The van der Waals surface area contributed by atoms with Gasteiger partial charge in [-0.1, -0.05) is 33.8 Å². The normalized spacial score (nSPS) is 20.1. The standard InChI is InChI=1S/C38H61N5O10/c1-24(2)27(17-26-11-12-30(49-9)32(18-26)50-16-10-15-48-8)19-29-31(20-28(25(3)4)34(44)41-21-38(5,6)36(39)46)51-22-43(29)37(47)53-23-52-35(45)33-40-13-14-42(33)7/h11-14,24-29,31H,10,15-23H2,1-9H3,(H2,39,46)(H,41,44)/t26?,27-,28-,29-,31-/m0/s1. The molecule has 1 aromatic rings. The number of carbonyl (C=O) groups is 4. The number of nitrogens with one attached hydrogen (secondary N) is 1. The van der Waals surface area contributed by atoms with E-state index < -0.39 is 48.2 Å². The van der Waals surface area contributed by atoms with Crippen LogP contribution in [0.5, 0.6) is 0 Å². The zero-order valence-corrected chi connectivity index (χ0v) is 32.9. The molecule has 3 rings (SSSR count). The van der Waals surface area contributed by atoms with Crippen LogP contribution in [0.1, 0.15) is 84.3 Å². The number of aromatic nitrogens is 2. The fraction of sp³-hybridized carbons (Fsp3) is 0.711. The lowest BCUT2D eigenvalue weighted by Gasteiger charge is -2.34. The number of imidazole rings is 1. The monoisotopic (exact) mass is 747 g/mol. The smallest absolute Gasteiger partial charge is 0.414 e. The molecule has 298 valence electrons. The van der Waals surface area contributed by atoms with Crippen LogP contribution in [-0.4, -0.2) is 98.0 Å². The number of primary amides is 1. The molecule has 0 saturated carbocycles. The maximum absolute atomic E-state index is 13.6. The number of hydrogen-bond acceptors (Lipinski definition) is 11. The number of amides is 3. The number of carbonyl (C=O) groups excluding carboxylic acids is 4. The molecule has 3 amide bonds. The van der Waals surface area contributed by atoms with Crippen LogP contribution in [-0.2, 0) is 45.1 Å². The van der Waals surface area contributed by atoms with Crippen LogP contribution in [0.25, 0.3) is 0 Å². The summed E-state index contributed by atoms with van der Waals surface area (Å²) in [6, 6.07) is -0.446. The molecule has 1 unspecified atom stereocenters. The van der Waals surface area contributed by atoms with E-state index in [1.165, 1.54) is 15.7 Å². The fourth-order valence-corrected chi connectivity index (χ4v) is 6.51. The number of rotatable bonds is 21. The molecule has 1 fully saturated rings. The van der Waals surface area contributed by atoms with E-state index in [0.717, 1.165) is 18.6 Å². The van der Waals surface area contributed by atoms with E-state index in [4.69, 9.17) is 34.2 Å². The summed E-state index contributed by atoms with van der Waals surface area (Å²) in [6.07, 6.45) is 9.12. The van der Waals surface area contributed by atoms with E-state index in [2.05, 4.69) is 30.2 Å². The Kier molecular flexibility index (Phi) is 16.6. The van der Waals surface area contributed by atoms with Crippen molar-refractivity contribution in [1.82, 2.24) is 19.8 Å². The highest BCUT2D eigenvalue weighted by Gasteiger charge is 2.43. The minimum Gasteiger partial charge on any atom is -0.494 e. The summed E-state index contributed by atoms with van der Waals surface area (Å²) in [5, 5.41) is 2.91. The maximum Gasteiger partial charge on any atom is 0.414 e. The second-order valence-corrected chi connectivity index (χ2v) is 15.2. The molecule has 0 radical (unpaired) electrons. The third-order valence-corrected chi connectivity index (χ3v) is 10.2. The van der Waals surface area contributed by atoms with Crippen molar-refractivity contribution in [3.05, 3.63) is 41.9 Å². The summed E-state index contributed by atoms with van der Waals surface area (Å²) in [5.41, 5.74) is 4.62. The minimum atomic E-state index is -0.921. The third kappa shape index (κ3) is 12.5. The fourth-order valence-electron chi connectivity index (χ4n) is 6.51. The first-order valence-corrected chi connectivity index (χ1v) is 18.4. The van der Waals surface area contributed by atoms with Crippen LogP contribution < -0.4 is 11.1 Å². The summed E-state index contributed by atoms with van der Waals surface area (Å²) >= 11 is 0. The SMILES string of the molecule is COCCCOC1=C(OC)C=CC(C[C@@H](C[C@H]2[C@H](C[C@H](C(=O)NCC(C)(C)C(N)=O)C(C)C)OCN2C(=O)OCOC(=O)c2nccn2C)C(C)C)C1. The second-order valence-electron chi connectivity index (χ2n) is 15.2. The average molecular weight is 748 g/mol. The molecule has 15 heteroatoms. The number of aryl methyl sites for hydroxylation is 1. The quantitative estimate of drug-likeness (QED) is 0.102. The molecule has 1 saturated heterocycles. The Bertz CT molecular complexity index is 1440. The van der Waals surface area contributed by atoms with Gasteiger partial charge in [0.25, 0.3) is 0 Å². The Labute approximate surface area is 313 Å². The van der Waals surface area contributed by atoms with Gasteiger partial charge in [0, 0.05) is 58.5 Å². The van der Waals surface area contributed by atoms with Gasteiger partial charge in [0.1, 0.15) is 12.5 Å². The van der Waals surface area contributed by atoms with Crippen molar-refractivity contribution in [2.75, 3.05) is 47.5 Å². The van der Waals surface area contributed by atoms with Gasteiger partial charge in [0.15, 0.2) is 5.76 Å². The number of esters is 1. The van der Waals surface area contributed by atoms with Gasteiger partial charge in [-0.3, -0.25) is 14.5 Å². The molecule has 3 N–H and O–H groups in total. The Balaban J connectivity index is 1.80. The zero-order chi connectivity index (χ0) is 39.3. The van der Waals surface area contributed by atoms with Gasteiger partial charge in [0.2, 0.25) is 24.4 Å². The molecule has 53 heavy (non-hydrogen) atoms. The second kappa shape index (κ2) is 20.4. The molecule has 15 nitrogen and oxygen atoms in total. The maximum atomic E-state index is 13.6. The molecule has 0 aromatic carbocycles. The van der Waals surface area contributed by atoms with Crippen molar-refractivity contribution in [2.45, 2.75) is 85.8 Å². The molecule has 0 bridgehead atoms. The van der Waals surface area contributed by atoms with Gasteiger partial charge in [-0.15, -0.1) is 0 Å². The molecule has 1 aliphatic carbocycles. The van der Waals surface area contributed by atoms with E-state index in [9.17, 15) is 19.2 Å². The molecule has 1 aliphatic heterocycles. The van der Waals surface area contributed by atoms with E-state index in [1.54, 1.807) is 41.3 Å². The molecule has 2 aliphatic rings. The highest BCUT2D eigenvalue weighted by molar-refractivity contribution is 5.85. The van der Waals surface area contributed by atoms with Crippen LogP contribution in [0.3, 0.4) is 0 Å². The molecule has 2 heterocycles. The lowest BCUT2D eigenvalue weighted by atomic mass is 9.77. The first-order valence-electron chi connectivity index (χ1n) is 18.4. The zero-order valence-electron chi connectivity index (χ0n) is 32.9. The molecule has 0 spiro atoms. The Hall–Kier alpha value is -4.11. The minimum absolute atomic E-state index is 0.0594. The first kappa shape index (κ1) is 43.3. The summed E-state index contributed by atoms with van der Waals surface area (Å²) in [4.78, 5) is 57.0. The van der Waals surface area contributed by atoms with Gasteiger partial charge in [0.05, 0.1) is 31.3 Å². The van der Waals surface area contributed by atoms with Crippen molar-refractivity contribution < 1.29 is 47.6 Å². The molecular formula is C38H61N5O10. The van der Waals surface area contributed by atoms with E-state index in [0.29, 0.717) is 38.2 Å². The third-order valence-electron chi connectivity index (χ3n) is 10.2. The van der Waals surface area contributed by atoms with Crippen molar-refractivity contribution in [3.8, 4) is 0 Å². The van der Waals surface area contributed by atoms with Crippen molar-refractivity contribution in [2.24, 2.45) is 47.8 Å². The van der Waals surface area contributed by atoms with E-state index in [-0.39, 0.29) is 48.7 Å².